The van der Waals surface area contributed by atoms with Gasteiger partial charge in [0.15, 0.2) is 5.82 Å². The van der Waals surface area contributed by atoms with Gasteiger partial charge in [0.2, 0.25) is 0 Å². The Bertz CT molecular complexity index is 540. The molecule has 82 valence electrons. The highest BCUT2D eigenvalue weighted by Gasteiger charge is 2.08. The number of aryl methyl sites for hydroxylation is 1. The molecule has 0 amide bonds. The smallest absolute Gasteiger partial charge is 0.163 e. The molecule has 0 saturated carbocycles. The average Bonchev–Trinajstić information content (AvgIpc) is 2.60. The van der Waals surface area contributed by atoms with E-state index in [2.05, 4.69) is 16.8 Å². The van der Waals surface area contributed by atoms with Crippen LogP contribution in [0, 0.1) is 6.92 Å². The Kier molecular flexibility index (Phi) is 2.48. The minimum Gasteiger partial charge on any atom is -0.399 e. The first-order valence-corrected chi connectivity index (χ1v) is 5.01. The van der Waals surface area contributed by atoms with E-state index in [1.165, 1.54) is 0 Å². The minimum atomic E-state index is 0.556. The fourth-order valence-electron chi connectivity index (χ4n) is 1.52. The SMILES string of the molecule is C=C(N)c1cccc(-c2nnc(C)n2C)c1. The maximum Gasteiger partial charge on any atom is 0.163 e. The standard InChI is InChI=1S/C12H14N4/c1-8(13)10-5-4-6-11(7-10)12-15-14-9(2)16(12)3/h4-7H,1,13H2,2-3H3. The zero-order chi connectivity index (χ0) is 11.7. The van der Waals surface area contributed by atoms with Crippen molar-refractivity contribution >= 4 is 5.70 Å². The molecule has 0 radical (unpaired) electrons. The van der Waals surface area contributed by atoms with Crippen LogP contribution in [-0.4, -0.2) is 14.8 Å². The van der Waals surface area contributed by atoms with Gasteiger partial charge in [0.1, 0.15) is 5.82 Å². The van der Waals surface area contributed by atoms with Gasteiger partial charge >= 0.3 is 0 Å². The van der Waals surface area contributed by atoms with Crippen molar-refractivity contribution in [1.29, 1.82) is 0 Å². The first-order chi connectivity index (χ1) is 7.59. The summed E-state index contributed by atoms with van der Waals surface area (Å²) in [6, 6.07) is 7.81. The molecule has 0 atom stereocenters. The van der Waals surface area contributed by atoms with Gasteiger partial charge in [-0.3, -0.25) is 0 Å². The second kappa shape index (κ2) is 3.81. The van der Waals surface area contributed by atoms with Crippen molar-refractivity contribution < 1.29 is 0 Å². The molecule has 1 aromatic carbocycles. The third kappa shape index (κ3) is 1.69. The van der Waals surface area contributed by atoms with Crippen molar-refractivity contribution in [2.24, 2.45) is 12.8 Å². The Morgan fingerprint density at radius 2 is 2.12 bits per heavy atom. The van der Waals surface area contributed by atoms with E-state index in [-0.39, 0.29) is 0 Å². The lowest BCUT2D eigenvalue weighted by Gasteiger charge is -2.04. The van der Waals surface area contributed by atoms with Gasteiger partial charge in [0.25, 0.3) is 0 Å². The summed E-state index contributed by atoms with van der Waals surface area (Å²) in [5.74, 6) is 1.72. The molecule has 16 heavy (non-hydrogen) atoms. The lowest BCUT2D eigenvalue weighted by molar-refractivity contribution is 0.865. The van der Waals surface area contributed by atoms with Gasteiger partial charge in [-0.1, -0.05) is 24.8 Å². The highest BCUT2D eigenvalue weighted by Crippen LogP contribution is 2.20. The molecule has 1 heterocycles. The summed E-state index contributed by atoms with van der Waals surface area (Å²) in [7, 11) is 1.94. The predicted octanol–water partition coefficient (Wildman–Crippen LogP) is 1.72. The molecule has 0 aliphatic heterocycles. The van der Waals surface area contributed by atoms with Crippen LogP contribution < -0.4 is 5.73 Å². The number of benzene rings is 1. The van der Waals surface area contributed by atoms with E-state index in [0.29, 0.717) is 5.70 Å². The Morgan fingerprint density at radius 3 is 2.69 bits per heavy atom. The highest BCUT2D eigenvalue weighted by molar-refractivity contribution is 5.67. The zero-order valence-corrected chi connectivity index (χ0v) is 9.44. The molecule has 2 aromatic rings. The van der Waals surface area contributed by atoms with Crippen LogP contribution in [0.1, 0.15) is 11.4 Å². The molecule has 2 rings (SSSR count). The van der Waals surface area contributed by atoms with E-state index in [1.807, 2.05) is 42.8 Å². The van der Waals surface area contributed by atoms with Crippen LogP contribution in [0.15, 0.2) is 30.8 Å². The first-order valence-electron chi connectivity index (χ1n) is 5.01. The molecule has 0 aliphatic carbocycles. The highest BCUT2D eigenvalue weighted by atomic mass is 15.3. The number of hydrogen-bond donors (Lipinski definition) is 1. The summed E-state index contributed by atoms with van der Waals surface area (Å²) < 4.78 is 1.94. The molecule has 4 nitrogen and oxygen atoms in total. The van der Waals surface area contributed by atoms with Crippen LogP contribution in [-0.2, 0) is 7.05 Å². The van der Waals surface area contributed by atoms with E-state index < -0.39 is 0 Å². The second-order valence-corrected chi connectivity index (χ2v) is 3.74. The van der Waals surface area contributed by atoms with Crippen molar-refractivity contribution in [3.63, 3.8) is 0 Å². The summed E-state index contributed by atoms with van der Waals surface area (Å²) >= 11 is 0. The quantitative estimate of drug-likeness (QED) is 0.828. The Hall–Kier alpha value is -2.10. The summed E-state index contributed by atoms with van der Waals surface area (Å²) in [6.07, 6.45) is 0. The zero-order valence-electron chi connectivity index (χ0n) is 9.44. The summed E-state index contributed by atoms with van der Waals surface area (Å²) in [5.41, 5.74) is 8.13. The van der Waals surface area contributed by atoms with Crippen molar-refractivity contribution in [3.05, 3.63) is 42.2 Å². The predicted molar refractivity (Wildman–Crippen MR) is 64.4 cm³/mol. The lowest BCUT2D eigenvalue weighted by atomic mass is 10.1. The lowest BCUT2D eigenvalue weighted by Crippen LogP contribution is -1.97. The summed E-state index contributed by atoms with van der Waals surface area (Å²) in [6.45, 7) is 5.64. The Morgan fingerprint density at radius 1 is 1.38 bits per heavy atom. The molecule has 0 saturated heterocycles. The number of nitrogens with two attached hydrogens (primary N) is 1. The fraction of sp³-hybridized carbons (Fsp3) is 0.167. The second-order valence-electron chi connectivity index (χ2n) is 3.74. The fourth-order valence-corrected chi connectivity index (χ4v) is 1.52. The van der Waals surface area contributed by atoms with E-state index in [9.17, 15) is 0 Å². The maximum atomic E-state index is 5.67. The normalized spacial score (nSPS) is 10.4. The molecule has 2 N–H and O–H groups in total. The third-order valence-electron chi connectivity index (χ3n) is 2.58. The van der Waals surface area contributed by atoms with Crippen LogP contribution in [0.2, 0.25) is 0 Å². The Labute approximate surface area is 94.4 Å². The van der Waals surface area contributed by atoms with E-state index in [4.69, 9.17) is 5.73 Å². The molecule has 0 bridgehead atoms. The molecule has 1 aromatic heterocycles. The topological polar surface area (TPSA) is 56.7 Å². The van der Waals surface area contributed by atoms with Crippen molar-refractivity contribution in [2.75, 3.05) is 0 Å². The monoisotopic (exact) mass is 214 g/mol. The van der Waals surface area contributed by atoms with Gasteiger partial charge in [-0.2, -0.15) is 0 Å². The van der Waals surface area contributed by atoms with Gasteiger partial charge in [-0.25, -0.2) is 0 Å². The molecular formula is C12H14N4. The summed E-state index contributed by atoms with van der Waals surface area (Å²) in [5, 5.41) is 8.15. The molecule has 0 unspecified atom stereocenters. The largest absolute Gasteiger partial charge is 0.399 e. The number of hydrogen-bond acceptors (Lipinski definition) is 3. The molecule has 0 aliphatic rings. The van der Waals surface area contributed by atoms with E-state index in [0.717, 1.165) is 22.8 Å². The molecule has 0 spiro atoms. The average molecular weight is 214 g/mol. The van der Waals surface area contributed by atoms with Gasteiger partial charge in [-0.05, 0) is 18.6 Å². The molecule has 0 fully saturated rings. The molecular weight excluding hydrogens is 200 g/mol. The minimum absolute atomic E-state index is 0.556. The van der Waals surface area contributed by atoms with Crippen LogP contribution in [0.3, 0.4) is 0 Å². The van der Waals surface area contributed by atoms with Gasteiger partial charge in [-0.15, -0.1) is 10.2 Å². The van der Waals surface area contributed by atoms with Crippen LogP contribution >= 0.6 is 0 Å². The van der Waals surface area contributed by atoms with Crippen LogP contribution in [0.4, 0.5) is 0 Å². The third-order valence-corrected chi connectivity index (χ3v) is 2.58. The van der Waals surface area contributed by atoms with Crippen LogP contribution in [0.5, 0.6) is 0 Å². The van der Waals surface area contributed by atoms with Crippen molar-refractivity contribution in [1.82, 2.24) is 14.8 Å². The van der Waals surface area contributed by atoms with Gasteiger partial charge in [0, 0.05) is 18.3 Å². The van der Waals surface area contributed by atoms with Crippen LogP contribution in [0.25, 0.3) is 17.1 Å². The van der Waals surface area contributed by atoms with E-state index in [1.54, 1.807) is 0 Å². The number of rotatable bonds is 2. The Balaban J connectivity index is 2.52. The van der Waals surface area contributed by atoms with Gasteiger partial charge < -0.3 is 10.3 Å². The molecule has 4 heteroatoms. The summed E-state index contributed by atoms with van der Waals surface area (Å²) in [4.78, 5) is 0. The van der Waals surface area contributed by atoms with Gasteiger partial charge in [0.05, 0.1) is 0 Å². The number of nitrogens with zero attached hydrogens (tertiary/aromatic N) is 3. The van der Waals surface area contributed by atoms with Crippen molar-refractivity contribution in [2.45, 2.75) is 6.92 Å². The van der Waals surface area contributed by atoms with Crippen molar-refractivity contribution in [3.8, 4) is 11.4 Å². The number of aromatic nitrogens is 3. The maximum absolute atomic E-state index is 5.67. The van der Waals surface area contributed by atoms with E-state index >= 15 is 0 Å². The first kappa shape index (κ1) is 10.4.